The van der Waals surface area contributed by atoms with Gasteiger partial charge in [-0.15, -0.1) is 11.3 Å². The van der Waals surface area contributed by atoms with Crippen LogP contribution in [-0.4, -0.2) is 21.1 Å². The molecule has 0 aliphatic heterocycles. The molecular weight excluding hydrogens is 338 g/mol. The summed E-state index contributed by atoms with van der Waals surface area (Å²) in [7, 11) is 0. The lowest BCUT2D eigenvalue weighted by molar-refractivity contribution is 0.112. The van der Waals surface area contributed by atoms with Gasteiger partial charge in [0.2, 0.25) is 0 Å². The highest BCUT2D eigenvalue weighted by atomic mass is 79.9. The molecule has 0 atom stereocenters. The van der Waals surface area contributed by atoms with Crippen molar-refractivity contribution in [3.05, 3.63) is 57.6 Å². The first kappa shape index (κ1) is 13.2. The Hall–Kier alpha value is -1.79. The zero-order chi connectivity index (χ0) is 13.9. The molecule has 2 aromatic heterocycles. The van der Waals surface area contributed by atoms with Crippen LogP contribution in [-0.2, 0) is 6.54 Å². The second kappa shape index (κ2) is 5.68. The fourth-order valence-electron chi connectivity index (χ4n) is 1.91. The molecule has 3 aromatic rings. The molecule has 0 aliphatic rings. The number of nitrogens with zero attached hydrogens (tertiary/aromatic N) is 3. The van der Waals surface area contributed by atoms with E-state index in [-0.39, 0.29) is 0 Å². The van der Waals surface area contributed by atoms with E-state index in [0.717, 1.165) is 21.3 Å². The summed E-state index contributed by atoms with van der Waals surface area (Å²) in [5.74, 6) is 0. The number of aromatic nitrogens is 3. The van der Waals surface area contributed by atoms with E-state index in [9.17, 15) is 4.79 Å². The van der Waals surface area contributed by atoms with Crippen molar-refractivity contribution in [1.82, 2.24) is 14.8 Å². The van der Waals surface area contributed by atoms with Gasteiger partial charge < -0.3 is 0 Å². The highest BCUT2D eigenvalue weighted by Crippen LogP contribution is 2.24. The van der Waals surface area contributed by atoms with Gasteiger partial charge in [0, 0.05) is 22.2 Å². The molecule has 1 aromatic carbocycles. The lowest BCUT2D eigenvalue weighted by Crippen LogP contribution is -2.01. The summed E-state index contributed by atoms with van der Waals surface area (Å²) in [5, 5.41) is 7.11. The van der Waals surface area contributed by atoms with Crippen molar-refractivity contribution in [1.29, 1.82) is 0 Å². The summed E-state index contributed by atoms with van der Waals surface area (Å²) in [5.41, 5.74) is 2.31. The normalized spacial score (nSPS) is 10.7. The number of hydrogen-bond donors (Lipinski definition) is 0. The van der Waals surface area contributed by atoms with Crippen LogP contribution in [0.4, 0.5) is 0 Å². The molecule has 4 nitrogen and oxygen atoms in total. The number of hydrogen-bond acceptors (Lipinski definition) is 4. The SMILES string of the molecule is O=Cc1cn(Cc2ccccc2Br)nc1-c1nccs1. The molecule has 0 bridgehead atoms. The maximum absolute atomic E-state index is 11.2. The maximum atomic E-state index is 11.2. The van der Waals surface area contributed by atoms with Gasteiger partial charge in [0.05, 0.1) is 12.1 Å². The van der Waals surface area contributed by atoms with Gasteiger partial charge >= 0.3 is 0 Å². The number of carbonyl (C=O) groups is 1. The van der Waals surface area contributed by atoms with E-state index in [1.807, 2.05) is 29.6 Å². The quantitative estimate of drug-likeness (QED) is 0.677. The van der Waals surface area contributed by atoms with Crippen LogP contribution in [0.1, 0.15) is 15.9 Å². The Morgan fingerprint density at radius 1 is 1.35 bits per heavy atom. The van der Waals surface area contributed by atoms with Crippen molar-refractivity contribution in [3.63, 3.8) is 0 Å². The first-order chi connectivity index (χ1) is 9.78. The van der Waals surface area contributed by atoms with Crippen molar-refractivity contribution in [3.8, 4) is 10.7 Å². The largest absolute Gasteiger partial charge is 0.298 e. The third-order valence-electron chi connectivity index (χ3n) is 2.84. The Morgan fingerprint density at radius 2 is 2.20 bits per heavy atom. The molecule has 0 N–H and O–H groups in total. The van der Waals surface area contributed by atoms with Gasteiger partial charge in [0.15, 0.2) is 6.29 Å². The molecule has 0 amide bonds. The van der Waals surface area contributed by atoms with Crippen LogP contribution in [0.3, 0.4) is 0 Å². The number of rotatable bonds is 4. The van der Waals surface area contributed by atoms with Crippen LogP contribution in [0.2, 0.25) is 0 Å². The van der Waals surface area contributed by atoms with Gasteiger partial charge in [0.1, 0.15) is 10.7 Å². The van der Waals surface area contributed by atoms with Crippen LogP contribution >= 0.6 is 27.3 Å². The van der Waals surface area contributed by atoms with Crippen molar-refractivity contribution >= 4 is 33.6 Å². The number of aldehydes is 1. The Kier molecular flexibility index (Phi) is 3.75. The molecule has 0 aliphatic carbocycles. The monoisotopic (exact) mass is 347 g/mol. The van der Waals surface area contributed by atoms with E-state index in [1.54, 1.807) is 17.1 Å². The Balaban J connectivity index is 1.96. The minimum atomic E-state index is 0.562. The van der Waals surface area contributed by atoms with E-state index < -0.39 is 0 Å². The minimum absolute atomic E-state index is 0.562. The predicted octanol–water partition coefficient (Wildman–Crippen LogP) is 3.63. The van der Waals surface area contributed by atoms with Crippen molar-refractivity contribution in [2.75, 3.05) is 0 Å². The Labute approximate surface area is 128 Å². The summed E-state index contributed by atoms with van der Waals surface area (Å²) in [6.07, 6.45) is 4.28. The van der Waals surface area contributed by atoms with Crippen molar-refractivity contribution in [2.45, 2.75) is 6.54 Å². The zero-order valence-electron chi connectivity index (χ0n) is 10.4. The highest BCUT2D eigenvalue weighted by molar-refractivity contribution is 9.10. The molecule has 0 saturated carbocycles. The Bertz CT molecular complexity index is 737. The fourth-order valence-corrected chi connectivity index (χ4v) is 2.96. The third-order valence-corrected chi connectivity index (χ3v) is 4.40. The average molecular weight is 348 g/mol. The summed E-state index contributed by atoms with van der Waals surface area (Å²) in [4.78, 5) is 15.4. The van der Waals surface area contributed by atoms with Gasteiger partial charge in [-0.05, 0) is 11.6 Å². The summed E-state index contributed by atoms with van der Waals surface area (Å²) in [6, 6.07) is 7.96. The lowest BCUT2D eigenvalue weighted by Gasteiger charge is -2.03. The molecule has 3 rings (SSSR count). The van der Waals surface area contributed by atoms with E-state index in [0.29, 0.717) is 17.8 Å². The molecule has 6 heteroatoms. The topological polar surface area (TPSA) is 47.8 Å². The van der Waals surface area contributed by atoms with Gasteiger partial charge in [0.25, 0.3) is 0 Å². The molecule has 20 heavy (non-hydrogen) atoms. The second-order valence-corrected chi connectivity index (χ2v) is 5.93. The minimum Gasteiger partial charge on any atom is -0.298 e. The molecule has 0 fully saturated rings. The standard InChI is InChI=1S/C14H10BrN3OS/c15-12-4-2-1-3-10(12)7-18-8-11(9-19)13(17-18)14-16-5-6-20-14/h1-6,8-9H,7H2. The van der Waals surface area contributed by atoms with Gasteiger partial charge in [-0.25, -0.2) is 4.98 Å². The smallest absolute Gasteiger partial charge is 0.153 e. The molecule has 0 saturated heterocycles. The first-order valence-corrected chi connectivity index (χ1v) is 7.61. The lowest BCUT2D eigenvalue weighted by atomic mass is 10.2. The predicted molar refractivity (Wildman–Crippen MR) is 82.0 cm³/mol. The van der Waals surface area contributed by atoms with Gasteiger partial charge in [-0.1, -0.05) is 34.1 Å². The third kappa shape index (κ3) is 2.57. The summed E-state index contributed by atoms with van der Waals surface area (Å²) in [6.45, 7) is 0.605. The number of carbonyl (C=O) groups excluding carboxylic acids is 1. The molecular formula is C14H10BrN3OS. The van der Waals surface area contributed by atoms with E-state index in [4.69, 9.17) is 0 Å². The highest BCUT2D eigenvalue weighted by Gasteiger charge is 2.13. The van der Waals surface area contributed by atoms with Crippen molar-refractivity contribution in [2.24, 2.45) is 0 Å². The van der Waals surface area contributed by atoms with Crippen molar-refractivity contribution < 1.29 is 4.79 Å². The first-order valence-electron chi connectivity index (χ1n) is 5.94. The van der Waals surface area contributed by atoms with E-state index in [1.165, 1.54) is 11.3 Å². The van der Waals surface area contributed by atoms with Crippen LogP contribution in [0, 0.1) is 0 Å². The van der Waals surface area contributed by atoms with E-state index >= 15 is 0 Å². The van der Waals surface area contributed by atoms with Crippen LogP contribution < -0.4 is 0 Å². The summed E-state index contributed by atoms with van der Waals surface area (Å²) >= 11 is 4.99. The van der Waals surface area contributed by atoms with Gasteiger partial charge in [-0.3, -0.25) is 9.48 Å². The molecule has 0 unspecified atom stereocenters. The number of thiazole rings is 1. The second-order valence-electron chi connectivity index (χ2n) is 4.18. The van der Waals surface area contributed by atoms with Crippen LogP contribution in [0.5, 0.6) is 0 Å². The maximum Gasteiger partial charge on any atom is 0.153 e. The molecule has 0 spiro atoms. The zero-order valence-corrected chi connectivity index (χ0v) is 12.8. The molecule has 100 valence electrons. The summed E-state index contributed by atoms with van der Waals surface area (Å²) < 4.78 is 2.79. The van der Waals surface area contributed by atoms with Crippen LogP contribution in [0.15, 0.2) is 46.5 Å². The van der Waals surface area contributed by atoms with Gasteiger partial charge in [-0.2, -0.15) is 5.10 Å². The van der Waals surface area contributed by atoms with Crippen LogP contribution in [0.25, 0.3) is 10.7 Å². The Morgan fingerprint density at radius 3 is 2.90 bits per heavy atom. The molecule has 0 radical (unpaired) electrons. The number of benzene rings is 1. The molecule has 2 heterocycles. The fraction of sp³-hybridized carbons (Fsp3) is 0.0714. The van der Waals surface area contributed by atoms with E-state index in [2.05, 4.69) is 26.0 Å². The average Bonchev–Trinajstić information content (AvgIpc) is 3.09. The number of halogens is 1.